The molecule has 1 atom stereocenters. The lowest BCUT2D eigenvalue weighted by Gasteiger charge is -2.41. The van der Waals surface area contributed by atoms with Crippen molar-refractivity contribution in [1.82, 2.24) is 9.80 Å². The molecule has 134 valence electrons. The first-order chi connectivity index (χ1) is 11.4. The Hall–Kier alpha value is -1.44. The fraction of sp³-hybridized carbons (Fsp3) is 0.588. The summed E-state index contributed by atoms with van der Waals surface area (Å²) < 4.78 is 23.4. The van der Waals surface area contributed by atoms with Crippen molar-refractivity contribution < 1.29 is 18.3 Å². The Morgan fingerprint density at radius 1 is 1.25 bits per heavy atom. The van der Waals surface area contributed by atoms with Crippen LogP contribution in [0.5, 0.6) is 0 Å². The molecule has 1 N–H and O–H groups in total. The van der Waals surface area contributed by atoms with Gasteiger partial charge in [0.2, 0.25) is 0 Å². The maximum atomic E-state index is 11.7. The highest BCUT2D eigenvalue weighted by atomic mass is 32.2. The number of piperazine rings is 1. The van der Waals surface area contributed by atoms with Gasteiger partial charge in [0.15, 0.2) is 9.84 Å². The van der Waals surface area contributed by atoms with Crippen molar-refractivity contribution in [2.75, 3.05) is 37.7 Å². The number of hydrogen-bond donors (Lipinski definition) is 1. The molecule has 6 nitrogen and oxygen atoms in total. The Bertz CT molecular complexity index is 633. The standard InChI is InChI=1S/C17H26N2O4S/c1-2-16-13-18(10-11-24(22,23)14-17(20)21)8-9-19(16)12-15-6-4-3-5-7-15/h3-7,16H,2,8-14H2,1H3,(H,20,21). The smallest absolute Gasteiger partial charge is 0.318 e. The molecule has 1 fully saturated rings. The van der Waals surface area contributed by atoms with Gasteiger partial charge < -0.3 is 5.11 Å². The summed E-state index contributed by atoms with van der Waals surface area (Å²) >= 11 is 0. The summed E-state index contributed by atoms with van der Waals surface area (Å²) in [6, 6.07) is 10.7. The molecule has 0 radical (unpaired) electrons. The number of rotatable bonds is 8. The number of hydrogen-bond acceptors (Lipinski definition) is 5. The van der Waals surface area contributed by atoms with Crippen molar-refractivity contribution in [1.29, 1.82) is 0 Å². The first-order valence-corrected chi connectivity index (χ1v) is 10.1. The summed E-state index contributed by atoms with van der Waals surface area (Å²) in [5, 5.41) is 8.64. The molecule has 0 spiro atoms. The number of carboxylic acids is 1. The topological polar surface area (TPSA) is 77.9 Å². The SMILES string of the molecule is CCC1CN(CCS(=O)(=O)CC(=O)O)CCN1Cc1ccccc1. The third-order valence-electron chi connectivity index (χ3n) is 4.45. The van der Waals surface area contributed by atoms with Crippen LogP contribution >= 0.6 is 0 Å². The van der Waals surface area contributed by atoms with Crippen molar-refractivity contribution in [3.63, 3.8) is 0 Å². The van der Waals surface area contributed by atoms with Gasteiger partial charge in [0, 0.05) is 38.8 Å². The molecule has 0 aliphatic carbocycles. The quantitative estimate of drug-likeness (QED) is 0.753. The van der Waals surface area contributed by atoms with Gasteiger partial charge in [0.1, 0.15) is 5.75 Å². The largest absolute Gasteiger partial charge is 0.480 e. The van der Waals surface area contributed by atoms with Crippen LogP contribution in [0.25, 0.3) is 0 Å². The molecule has 1 unspecified atom stereocenters. The summed E-state index contributed by atoms with van der Waals surface area (Å²) in [6.07, 6.45) is 1.01. The maximum Gasteiger partial charge on any atom is 0.318 e. The minimum absolute atomic E-state index is 0.0889. The van der Waals surface area contributed by atoms with Crippen molar-refractivity contribution in [3.8, 4) is 0 Å². The van der Waals surface area contributed by atoms with E-state index in [9.17, 15) is 13.2 Å². The minimum Gasteiger partial charge on any atom is -0.480 e. The Labute approximate surface area is 144 Å². The van der Waals surface area contributed by atoms with Gasteiger partial charge in [-0.3, -0.25) is 14.6 Å². The van der Waals surface area contributed by atoms with E-state index in [1.165, 1.54) is 5.56 Å². The second kappa shape index (κ2) is 8.60. The van der Waals surface area contributed by atoms with Gasteiger partial charge in [-0.25, -0.2) is 8.42 Å². The normalized spacial score (nSPS) is 20.1. The molecule has 0 amide bonds. The van der Waals surface area contributed by atoms with Crippen LogP contribution < -0.4 is 0 Å². The zero-order valence-electron chi connectivity index (χ0n) is 14.1. The number of nitrogens with zero attached hydrogens (tertiary/aromatic N) is 2. The molecule has 7 heteroatoms. The highest BCUT2D eigenvalue weighted by Crippen LogP contribution is 2.16. The van der Waals surface area contributed by atoms with Crippen molar-refractivity contribution in [2.24, 2.45) is 0 Å². The molecule has 1 aromatic rings. The minimum atomic E-state index is -3.52. The third-order valence-corrected chi connectivity index (χ3v) is 5.94. The molecular weight excluding hydrogens is 328 g/mol. The van der Waals surface area contributed by atoms with E-state index in [4.69, 9.17) is 5.11 Å². The van der Waals surface area contributed by atoms with E-state index in [2.05, 4.69) is 28.9 Å². The Morgan fingerprint density at radius 2 is 1.96 bits per heavy atom. The first kappa shape index (κ1) is 18.9. The Morgan fingerprint density at radius 3 is 2.58 bits per heavy atom. The van der Waals surface area contributed by atoms with E-state index in [-0.39, 0.29) is 5.75 Å². The fourth-order valence-corrected chi connectivity index (χ4v) is 4.16. The van der Waals surface area contributed by atoms with E-state index >= 15 is 0 Å². The lowest BCUT2D eigenvalue weighted by Crippen LogP contribution is -2.53. The number of benzene rings is 1. The van der Waals surface area contributed by atoms with Gasteiger partial charge >= 0.3 is 5.97 Å². The molecule has 2 rings (SSSR count). The Kier molecular flexibility index (Phi) is 6.77. The van der Waals surface area contributed by atoms with E-state index in [0.717, 1.165) is 32.6 Å². The second-order valence-corrected chi connectivity index (χ2v) is 8.49. The number of sulfone groups is 1. The van der Waals surface area contributed by atoms with Crippen LogP contribution in [-0.4, -0.2) is 73.0 Å². The molecule has 0 saturated carbocycles. The van der Waals surface area contributed by atoms with Gasteiger partial charge in [0.05, 0.1) is 5.75 Å². The van der Waals surface area contributed by atoms with Crippen molar-refractivity contribution in [2.45, 2.75) is 25.9 Å². The molecule has 1 aromatic carbocycles. The van der Waals surface area contributed by atoms with Crippen LogP contribution in [0.15, 0.2) is 30.3 Å². The second-order valence-electron chi connectivity index (χ2n) is 6.30. The summed E-state index contributed by atoms with van der Waals surface area (Å²) in [5.74, 6) is -2.15. The number of carboxylic acid groups (broad SMARTS) is 1. The van der Waals surface area contributed by atoms with Crippen molar-refractivity contribution in [3.05, 3.63) is 35.9 Å². The predicted molar refractivity (Wildman–Crippen MR) is 93.7 cm³/mol. The zero-order valence-corrected chi connectivity index (χ0v) is 14.9. The van der Waals surface area contributed by atoms with E-state index in [1.807, 2.05) is 18.2 Å². The summed E-state index contributed by atoms with van der Waals surface area (Å²) in [4.78, 5) is 15.2. The number of aliphatic carboxylic acids is 1. The van der Waals surface area contributed by atoms with Crippen LogP contribution in [0.4, 0.5) is 0 Å². The van der Waals surface area contributed by atoms with Crippen molar-refractivity contribution >= 4 is 15.8 Å². The van der Waals surface area contributed by atoms with Crippen LogP contribution in [0.1, 0.15) is 18.9 Å². The molecule has 1 aliphatic rings. The maximum absolute atomic E-state index is 11.7. The lowest BCUT2D eigenvalue weighted by atomic mass is 10.1. The van der Waals surface area contributed by atoms with Gasteiger partial charge in [-0.2, -0.15) is 0 Å². The van der Waals surface area contributed by atoms with Crippen LogP contribution in [0, 0.1) is 0 Å². The third kappa shape index (κ3) is 5.89. The van der Waals surface area contributed by atoms with Gasteiger partial charge in [-0.05, 0) is 12.0 Å². The lowest BCUT2D eigenvalue weighted by molar-refractivity contribution is -0.134. The number of carbonyl (C=O) groups is 1. The molecule has 1 aliphatic heterocycles. The molecule has 1 heterocycles. The van der Waals surface area contributed by atoms with Gasteiger partial charge in [0.25, 0.3) is 0 Å². The van der Waals surface area contributed by atoms with Gasteiger partial charge in [-0.15, -0.1) is 0 Å². The highest BCUT2D eigenvalue weighted by molar-refractivity contribution is 7.92. The molecule has 0 bridgehead atoms. The van der Waals surface area contributed by atoms with E-state index in [0.29, 0.717) is 12.6 Å². The predicted octanol–water partition coefficient (Wildman–Crippen LogP) is 1.08. The average molecular weight is 354 g/mol. The molecule has 24 heavy (non-hydrogen) atoms. The fourth-order valence-electron chi connectivity index (χ4n) is 3.10. The average Bonchev–Trinajstić information content (AvgIpc) is 2.54. The van der Waals surface area contributed by atoms with E-state index < -0.39 is 21.6 Å². The van der Waals surface area contributed by atoms with Crippen LogP contribution in [-0.2, 0) is 21.2 Å². The molecule has 0 aromatic heterocycles. The summed E-state index contributed by atoms with van der Waals surface area (Å²) in [6.45, 7) is 5.99. The monoisotopic (exact) mass is 354 g/mol. The van der Waals surface area contributed by atoms with Crippen LogP contribution in [0.3, 0.4) is 0 Å². The zero-order chi connectivity index (χ0) is 17.6. The molecular formula is C17H26N2O4S. The van der Waals surface area contributed by atoms with E-state index in [1.54, 1.807) is 0 Å². The molecule has 1 saturated heterocycles. The summed E-state index contributed by atoms with van der Waals surface area (Å²) in [5.41, 5.74) is 1.29. The Balaban J connectivity index is 1.87. The van der Waals surface area contributed by atoms with Gasteiger partial charge in [-0.1, -0.05) is 37.3 Å². The van der Waals surface area contributed by atoms with Crippen LogP contribution in [0.2, 0.25) is 0 Å². The highest BCUT2D eigenvalue weighted by Gasteiger charge is 2.27. The first-order valence-electron chi connectivity index (χ1n) is 8.32. The summed E-state index contributed by atoms with van der Waals surface area (Å²) in [7, 11) is -3.52.